The van der Waals surface area contributed by atoms with Crippen molar-refractivity contribution in [3.05, 3.63) is 113 Å². The molecule has 0 unspecified atom stereocenters. The number of fused-ring (bicyclic) bond motifs is 1. The summed E-state index contributed by atoms with van der Waals surface area (Å²) < 4.78 is 27.3. The highest BCUT2D eigenvalue weighted by molar-refractivity contribution is 5.80. The van der Waals surface area contributed by atoms with Crippen LogP contribution in [0.4, 0.5) is 4.79 Å². The molecule has 0 atom stereocenters. The highest BCUT2D eigenvalue weighted by Gasteiger charge is 2.28. The maximum absolute atomic E-state index is 13.7. The van der Waals surface area contributed by atoms with Crippen LogP contribution in [0.3, 0.4) is 0 Å². The Balaban J connectivity index is 1.24. The fraction of sp³-hybridized carbons (Fsp3) is 0.324. The molecule has 1 aliphatic rings. The molecule has 0 N–H and O–H groups in total. The summed E-state index contributed by atoms with van der Waals surface area (Å²) in [6.45, 7) is 7.33. The van der Waals surface area contributed by atoms with Crippen LogP contribution in [0.15, 0.2) is 95.8 Å². The number of pyridine rings is 1. The van der Waals surface area contributed by atoms with Gasteiger partial charge < -0.3 is 23.8 Å². The average molecular weight is 637 g/mol. The zero-order chi connectivity index (χ0) is 33.0. The number of benzene rings is 3. The third kappa shape index (κ3) is 7.60. The van der Waals surface area contributed by atoms with Crippen molar-refractivity contribution in [1.29, 1.82) is 0 Å². The predicted molar refractivity (Wildman–Crippen MR) is 179 cm³/mol. The van der Waals surface area contributed by atoms with Crippen molar-refractivity contribution in [2.45, 2.75) is 58.5 Å². The fourth-order valence-corrected chi connectivity index (χ4v) is 5.53. The van der Waals surface area contributed by atoms with Gasteiger partial charge in [-0.1, -0.05) is 60.7 Å². The molecule has 3 aromatic carbocycles. The lowest BCUT2D eigenvalue weighted by Crippen LogP contribution is -2.44. The van der Waals surface area contributed by atoms with Crippen molar-refractivity contribution in [3.63, 3.8) is 0 Å². The van der Waals surface area contributed by atoms with Crippen molar-refractivity contribution in [1.82, 2.24) is 19.0 Å². The van der Waals surface area contributed by atoms with Gasteiger partial charge in [0.15, 0.2) is 0 Å². The molecular weight excluding hydrogens is 596 g/mol. The van der Waals surface area contributed by atoms with E-state index in [1.807, 2.05) is 99.6 Å². The molecule has 1 fully saturated rings. The molecule has 1 amide bonds. The lowest BCUT2D eigenvalue weighted by molar-refractivity contribution is 0.0126. The second kappa shape index (κ2) is 13.6. The van der Waals surface area contributed by atoms with E-state index in [0.29, 0.717) is 60.9 Å². The Labute approximate surface area is 274 Å². The van der Waals surface area contributed by atoms with Gasteiger partial charge in [-0.3, -0.25) is 9.13 Å². The quantitative estimate of drug-likeness (QED) is 0.179. The number of likely N-dealkylation sites (tertiary alicyclic amines) is 1. The summed E-state index contributed by atoms with van der Waals surface area (Å²) in [5.41, 5.74) is 3.11. The molecule has 6 rings (SSSR count). The Morgan fingerprint density at radius 3 is 2.11 bits per heavy atom. The van der Waals surface area contributed by atoms with Crippen LogP contribution in [0.5, 0.6) is 17.5 Å². The molecule has 0 aliphatic carbocycles. The normalized spacial score (nSPS) is 13.8. The number of rotatable bonds is 9. The van der Waals surface area contributed by atoms with Gasteiger partial charge in [-0.15, -0.1) is 0 Å². The Kier molecular flexibility index (Phi) is 9.19. The minimum Gasteiger partial charge on any atom is -0.490 e. The monoisotopic (exact) mass is 636 g/mol. The first kappa shape index (κ1) is 31.7. The molecule has 5 aromatic rings. The zero-order valence-corrected chi connectivity index (χ0v) is 27.2. The molecule has 1 aliphatic heterocycles. The number of amides is 1. The molecule has 0 saturated carbocycles. The Morgan fingerprint density at radius 2 is 1.47 bits per heavy atom. The first-order valence-electron chi connectivity index (χ1n) is 15.9. The highest BCUT2D eigenvalue weighted by Crippen LogP contribution is 2.30. The molecule has 0 spiro atoms. The van der Waals surface area contributed by atoms with Gasteiger partial charge in [0.25, 0.3) is 0 Å². The summed E-state index contributed by atoms with van der Waals surface area (Å²) in [6, 6.07) is 28.8. The molecule has 10 nitrogen and oxygen atoms in total. The van der Waals surface area contributed by atoms with Gasteiger partial charge in [-0.25, -0.2) is 9.59 Å². The Morgan fingerprint density at radius 1 is 0.830 bits per heavy atom. The smallest absolute Gasteiger partial charge is 0.410 e. The van der Waals surface area contributed by atoms with Crippen LogP contribution >= 0.6 is 0 Å². The van der Waals surface area contributed by atoms with E-state index in [4.69, 9.17) is 23.9 Å². The van der Waals surface area contributed by atoms with E-state index in [0.717, 1.165) is 11.1 Å². The number of hydrogen-bond donors (Lipinski definition) is 0. The van der Waals surface area contributed by atoms with Crippen LogP contribution < -0.4 is 19.9 Å². The van der Waals surface area contributed by atoms with Crippen LogP contribution in [0, 0.1) is 0 Å². The van der Waals surface area contributed by atoms with Gasteiger partial charge in [0.1, 0.15) is 36.4 Å². The zero-order valence-electron chi connectivity index (χ0n) is 27.2. The number of hydrogen-bond acceptors (Lipinski definition) is 7. The third-order valence-electron chi connectivity index (χ3n) is 7.93. The topological polar surface area (TPSA) is 97.0 Å². The molecule has 244 valence electrons. The number of carbonyl (C=O) groups excluding carboxylic acids is 1. The van der Waals surface area contributed by atoms with Crippen LogP contribution in [0.25, 0.3) is 16.7 Å². The summed E-state index contributed by atoms with van der Waals surface area (Å²) in [5, 5.41) is 0. The van der Waals surface area contributed by atoms with E-state index in [1.54, 1.807) is 33.2 Å². The minimum atomic E-state index is -0.533. The van der Waals surface area contributed by atoms with Crippen molar-refractivity contribution < 1.29 is 23.7 Å². The number of carbonyl (C=O) groups is 1. The van der Waals surface area contributed by atoms with E-state index in [-0.39, 0.29) is 30.4 Å². The number of imidazole rings is 1. The third-order valence-corrected chi connectivity index (χ3v) is 7.93. The van der Waals surface area contributed by atoms with Crippen LogP contribution in [0.2, 0.25) is 0 Å². The van der Waals surface area contributed by atoms with Crippen molar-refractivity contribution in [2.24, 2.45) is 7.05 Å². The van der Waals surface area contributed by atoms with Crippen molar-refractivity contribution in [2.75, 3.05) is 13.1 Å². The maximum atomic E-state index is 13.7. The second-order valence-corrected chi connectivity index (χ2v) is 12.6. The molecule has 47 heavy (non-hydrogen) atoms. The molecule has 0 radical (unpaired) electrons. The number of aromatic nitrogens is 3. The first-order valence-corrected chi connectivity index (χ1v) is 15.9. The number of piperidine rings is 1. The van der Waals surface area contributed by atoms with Crippen molar-refractivity contribution >= 4 is 17.1 Å². The van der Waals surface area contributed by atoms with Gasteiger partial charge in [0.05, 0.1) is 11.0 Å². The Bertz CT molecular complexity index is 1890. The average Bonchev–Trinajstić information content (AvgIpc) is 3.31. The molecule has 2 aromatic heterocycles. The van der Waals surface area contributed by atoms with Gasteiger partial charge in [0, 0.05) is 45.1 Å². The summed E-state index contributed by atoms with van der Waals surface area (Å²) in [7, 11) is 1.74. The molecular formula is C37H40N4O6. The van der Waals surface area contributed by atoms with Crippen LogP contribution in [-0.4, -0.2) is 49.9 Å². The lowest BCUT2D eigenvalue weighted by Gasteiger charge is -2.33. The standard InChI is InChI=1S/C37H40N4O6/c1-37(2,3)47-36(43)40-21-19-28(20-22-40)46-29-15-16-30-32(23-29)39(4)35(42)41(30)31-17-18-33(44-24-26-11-7-5-8-12-26)38-34(31)45-25-27-13-9-6-10-14-27/h5-18,23,28H,19-22,24-25H2,1-4H3. The Hall–Kier alpha value is -5.25. The van der Waals surface area contributed by atoms with E-state index < -0.39 is 5.60 Å². The summed E-state index contributed by atoms with van der Waals surface area (Å²) >= 11 is 0. The van der Waals surface area contributed by atoms with E-state index in [2.05, 4.69) is 0 Å². The van der Waals surface area contributed by atoms with E-state index in [1.165, 1.54) is 0 Å². The first-order chi connectivity index (χ1) is 22.6. The molecule has 1 saturated heterocycles. The van der Waals surface area contributed by atoms with Gasteiger partial charge in [-0.2, -0.15) is 4.98 Å². The van der Waals surface area contributed by atoms with Gasteiger partial charge >= 0.3 is 11.8 Å². The van der Waals surface area contributed by atoms with Gasteiger partial charge in [-0.05, 0) is 50.1 Å². The molecule has 0 bridgehead atoms. The number of aryl methyl sites for hydroxylation is 1. The molecule has 3 heterocycles. The SMILES string of the molecule is Cn1c(=O)n(-c2ccc(OCc3ccccc3)nc2OCc2ccccc2)c2ccc(OC3CCN(C(=O)OC(C)(C)C)CC3)cc21. The number of nitrogens with zero attached hydrogens (tertiary/aromatic N) is 4. The second-order valence-electron chi connectivity index (χ2n) is 12.6. The van der Waals surface area contributed by atoms with Crippen LogP contribution in [0.1, 0.15) is 44.7 Å². The molecule has 10 heteroatoms. The fourth-order valence-electron chi connectivity index (χ4n) is 5.53. The maximum Gasteiger partial charge on any atom is 0.410 e. The summed E-state index contributed by atoms with van der Waals surface area (Å²) in [4.78, 5) is 32.6. The predicted octanol–water partition coefficient (Wildman–Crippen LogP) is 6.66. The number of ether oxygens (including phenoxy) is 4. The summed E-state index contributed by atoms with van der Waals surface area (Å²) in [6.07, 6.45) is 1.01. The van der Waals surface area contributed by atoms with Crippen LogP contribution in [-0.2, 0) is 25.0 Å². The van der Waals surface area contributed by atoms with Crippen molar-refractivity contribution in [3.8, 4) is 23.2 Å². The lowest BCUT2D eigenvalue weighted by atomic mass is 10.1. The van der Waals surface area contributed by atoms with E-state index in [9.17, 15) is 9.59 Å². The largest absolute Gasteiger partial charge is 0.490 e. The minimum absolute atomic E-state index is 0.0594. The van der Waals surface area contributed by atoms with Gasteiger partial charge in [0.2, 0.25) is 11.8 Å². The summed E-state index contributed by atoms with van der Waals surface area (Å²) in [5.74, 6) is 1.33. The van der Waals surface area contributed by atoms with E-state index >= 15 is 0 Å². The highest BCUT2D eigenvalue weighted by atomic mass is 16.6.